The summed E-state index contributed by atoms with van der Waals surface area (Å²) in [7, 11) is 5.72. The van der Waals surface area contributed by atoms with Gasteiger partial charge in [-0.25, -0.2) is 0 Å². The lowest BCUT2D eigenvalue weighted by molar-refractivity contribution is 0.238. The van der Waals surface area contributed by atoms with E-state index in [1.165, 1.54) is 31.2 Å². The van der Waals surface area contributed by atoms with Gasteiger partial charge in [0.2, 0.25) is 0 Å². The molecule has 0 aromatic heterocycles. The van der Waals surface area contributed by atoms with Crippen molar-refractivity contribution in [2.24, 2.45) is 4.99 Å². The Balaban J connectivity index is 2.11. The van der Waals surface area contributed by atoms with Gasteiger partial charge in [0, 0.05) is 32.7 Å². The van der Waals surface area contributed by atoms with E-state index >= 15 is 0 Å². The molecule has 2 rings (SSSR count). The number of benzene rings is 1. The van der Waals surface area contributed by atoms with Crippen LogP contribution in [0.25, 0.3) is 0 Å². The highest BCUT2D eigenvalue weighted by molar-refractivity contribution is 5.79. The van der Waals surface area contributed by atoms with Crippen molar-refractivity contribution in [3.8, 4) is 5.75 Å². The summed E-state index contributed by atoms with van der Waals surface area (Å²) in [6, 6.07) is 8.68. The van der Waals surface area contributed by atoms with E-state index in [0.717, 1.165) is 37.9 Å². The van der Waals surface area contributed by atoms with Crippen molar-refractivity contribution in [3.63, 3.8) is 0 Å². The number of unbranched alkanes of at least 4 members (excludes halogenated alkanes) is 1. The van der Waals surface area contributed by atoms with E-state index in [1.54, 1.807) is 7.11 Å². The zero-order chi connectivity index (χ0) is 18.1. The maximum absolute atomic E-state index is 5.62. The van der Waals surface area contributed by atoms with Crippen LogP contribution < -0.4 is 10.1 Å². The summed E-state index contributed by atoms with van der Waals surface area (Å²) >= 11 is 0. The fraction of sp³-hybridized carbons (Fsp3) is 0.650. The monoisotopic (exact) mass is 346 g/mol. The summed E-state index contributed by atoms with van der Waals surface area (Å²) in [5.41, 5.74) is 1.26. The van der Waals surface area contributed by atoms with Gasteiger partial charge in [0.25, 0.3) is 0 Å². The van der Waals surface area contributed by atoms with Gasteiger partial charge in [-0.2, -0.15) is 0 Å². The van der Waals surface area contributed by atoms with Crippen LogP contribution in [0.4, 0.5) is 0 Å². The topological polar surface area (TPSA) is 40.1 Å². The highest BCUT2D eigenvalue weighted by atomic mass is 16.5. The molecule has 0 amide bonds. The largest absolute Gasteiger partial charge is 0.496 e. The van der Waals surface area contributed by atoms with Gasteiger partial charge in [0.15, 0.2) is 5.96 Å². The zero-order valence-corrected chi connectivity index (χ0v) is 16.3. The molecule has 1 fully saturated rings. The van der Waals surface area contributed by atoms with Crippen molar-refractivity contribution in [1.29, 1.82) is 0 Å². The molecule has 0 spiro atoms. The number of rotatable bonds is 8. The molecule has 5 heteroatoms. The van der Waals surface area contributed by atoms with Gasteiger partial charge in [-0.1, -0.05) is 31.5 Å². The number of guanidine groups is 1. The number of aliphatic imine (C=N–C) groups is 1. The average Bonchev–Trinajstić information content (AvgIpc) is 3.18. The quantitative estimate of drug-likeness (QED) is 0.580. The van der Waals surface area contributed by atoms with Crippen molar-refractivity contribution < 1.29 is 4.74 Å². The Morgan fingerprint density at radius 1 is 1.32 bits per heavy atom. The molecule has 1 unspecified atom stereocenters. The first-order valence-electron chi connectivity index (χ1n) is 9.50. The normalized spacial score (nSPS) is 16.7. The molecular weight excluding hydrogens is 312 g/mol. The van der Waals surface area contributed by atoms with Gasteiger partial charge in [-0.05, 0) is 38.4 Å². The third-order valence-electron chi connectivity index (χ3n) is 4.95. The summed E-state index contributed by atoms with van der Waals surface area (Å²) in [5, 5.41) is 3.58. The number of likely N-dealkylation sites (tertiary alicyclic amines) is 1. The summed E-state index contributed by atoms with van der Waals surface area (Å²) < 4.78 is 5.62. The molecule has 1 aromatic carbocycles. The second kappa shape index (κ2) is 10.3. The van der Waals surface area contributed by atoms with Crippen LogP contribution in [-0.2, 0) is 0 Å². The summed E-state index contributed by atoms with van der Waals surface area (Å²) in [6.07, 6.45) is 4.92. The molecular formula is C20H34N4O. The smallest absolute Gasteiger partial charge is 0.193 e. The molecule has 1 aromatic rings. The van der Waals surface area contributed by atoms with Crippen molar-refractivity contribution >= 4 is 5.96 Å². The summed E-state index contributed by atoms with van der Waals surface area (Å²) in [6.45, 7) is 6.38. The van der Waals surface area contributed by atoms with E-state index in [1.807, 2.05) is 13.1 Å². The van der Waals surface area contributed by atoms with Crippen molar-refractivity contribution in [2.45, 2.75) is 38.6 Å². The van der Waals surface area contributed by atoms with Crippen LogP contribution in [0.3, 0.4) is 0 Å². The van der Waals surface area contributed by atoms with Crippen LogP contribution in [0.2, 0.25) is 0 Å². The number of hydrogen-bond donors (Lipinski definition) is 1. The Kier molecular flexibility index (Phi) is 8.06. The molecule has 5 nitrogen and oxygen atoms in total. The number of para-hydroxylation sites is 1. The molecule has 0 bridgehead atoms. The Morgan fingerprint density at radius 3 is 2.68 bits per heavy atom. The SMILES string of the molecule is CCCCN(C)C(=NC)NCC(c1ccccc1OC)N1CCCC1. The van der Waals surface area contributed by atoms with Gasteiger partial charge in [0.1, 0.15) is 5.75 Å². The van der Waals surface area contributed by atoms with E-state index in [9.17, 15) is 0 Å². The van der Waals surface area contributed by atoms with E-state index in [0.29, 0.717) is 6.04 Å². The Bertz CT molecular complexity index is 540. The molecule has 1 aliphatic heterocycles. The lowest BCUT2D eigenvalue weighted by Gasteiger charge is -2.31. The Labute approximate surface area is 153 Å². The van der Waals surface area contributed by atoms with Gasteiger partial charge in [-0.15, -0.1) is 0 Å². The Morgan fingerprint density at radius 2 is 2.04 bits per heavy atom. The zero-order valence-electron chi connectivity index (χ0n) is 16.3. The Hall–Kier alpha value is -1.75. The average molecular weight is 347 g/mol. The first-order valence-corrected chi connectivity index (χ1v) is 9.50. The lowest BCUT2D eigenvalue weighted by atomic mass is 10.0. The molecule has 1 aliphatic rings. The minimum Gasteiger partial charge on any atom is -0.496 e. The number of nitrogens with zero attached hydrogens (tertiary/aromatic N) is 3. The summed E-state index contributed by atoms with van der Waals surface area (Å²) in [5.74, 6) is 1.93. The third-order valence-corrected chi connectivity index (χ3v) is 4.95. The van der Waals surface area contributed by atoms with Gasteiger partial charge in [-0.3, -0.25) is 9.89 Å². The van der Waals surface area contributed by atoms with E-state index in [2.05, 4.69) is 52.3 Å². The molecule has 0 aliphatic carbocycles. The van der Waals surface area contributed by atoms with Gasteiger partial charge in [0.05, 0.1) is 13.2 Å². The maximum Gasteiger partial charge on any atom is 0.193 e. The molecule has 1 saturated heterocycles. The van der Waals surface area contributed by atoms with Crippen LogP contribution >= 0.6 is 0 Å². The first-order chi connectivity index (χ1) is 12.2. The van der Waals surface area contributed by atoms with Crippen molar-refractivity contribution in [2.75, 3.05) is 47.4 Å². The van der Waals surface area contributed by atoms with Crippen LogP contribution in [0, 0.1) is 0 Å². The van der Waals surface area contributed by atoms with Crippen LogP contribution in [0.1, 0.15) is 44.2 Å². The third kappa shape index (κ3) is 5.36. The molecule has 1 N–H and O–H groups in total. The molecule has 0 saturated carbocycles. The second-order valence-electron chi connectivity index (χ2n) is 6.70. The molecule has 1 heterocycles. The number of methoxy groups -OCH3 is 1. The predicted octanol–water partition coefficient (Wildman–Crippen LogP) is 3.14. The van der Waals surface area contributed by atoms with E-state index in [4.69, 9.17) is 4.74 Å². The van der Waals surface area contributed by atoms with Crippen LogP contribution in [0.15, 0.2) is 29.3 Å². The maximum atomic E-state index is 5.62. The number of hydrogen-bond acceptors (Lipinski definition) is 3. The number of nitrogens with one attached hydrogen (secondary N) is 1. The first kappa shape index (κ1) is 19.6. The van der Waals surface area contributed by atoms with Crippen LogP contribution in [0.5, 0.6) is 5.75 Å². The fourth-order valence-corrected chi connectivity index (χ4v) is 3.50. The molecule has 1 atom stereocenters. The summed E-state index contributed by atoms with van der Waals surface area (Å²) in [4.78, 5) is 9.23. The fourth-order valence-electron chi connectivity index (χ4n) is 3.50. The standard InChI is InChI=1S/C20H34N4O/c1-5-6-13-23(3)20(21-2)22-16-18(24-14-9-10-15-24)17-11-7-8-12-19(17)25-4/h7-8,11-12,18H,5-6,9-10,13-16H2,1-4H3,(H,21,22). The van der Waals surface area contributed by atoms with Crippen molar-refractivity contribution in [1.82, 2.24) is 15.1 Å². The highest BCUT2D eigenvalue weighted by Gasteiger charge is 2.26. The van der Waals surface area contributed by atoms with E-state index < -0.39 is 0 Å². The molecule has 140 valence electrons. The second-order valence-corrected chi connectivity index (χ2v) is 6.70. The van der Waals surface area contributed by atoms with E-state index in [-0.39, 0.29) is 0 Å². The van der Waals surface area contributed by atoms with Gasteiger partial charge < -0.3 is 15.0 Å². The predicted molar refractivity (Wildman–Crippen MR) is 105 cm³/mol. The minimum atomic E-state index is 0.301. The van der Waals surface area contributed by atoms with Gasteiger partial charge >= 0.3 is 0 Å². The van der Waals surface area contributed by atoms with Crippen LogP contribution in [-0.4, -0.2) is 63.1 Å². The highest BCUT2D eigenvalue weighted by Crippen LogP contribution is 2.31. The molecule has 25 heavy (non-hydrogen) atoms. The lowest BCUT2D eigenvalue weighted by Crippen LogP contribution is -2.43. The minimum absolute atomic E-state index is 0.301. The molecule has 0 radical (unpaired) electrons. The van der Waals surface area contributed by atoms with Crippen molar-refractivity contribution in [3.05, 3.63) is 29.8 Å². The number of ether oxygens (including phenoxy) is 1.